The van der Waals surface area contributed by atoms with Crippen LogP contribution in [0.3, 0.4) is 0 Å². The van der Waals surface area contributed by atoms with Gasteiger partial charge in [0.1, 0.15) is 12.1 Å². The van der Waals surface area contributed by atoms with Gasteiger partial charge in [-0.2, -0.15) is 0 Å². The average Bonchev–Trinajstić information content (AvgIpc) is 2.79. The number of nitrogens with one attached hydrogen (secondary N) is 2. The highest BCUT2D eigenvalue weighted by atomic mass is 16.1. The van der Waals surface area contributed by atoms with Crippen LogP contribution in [0.5, 0.6) is 0 Å². The number of rotatable bonds is 6. The number of pyridine rings is 1. The largest absolute Gasteiger partial charge is 0.363 e. The third kappa shape index (κ3) is 4.40. The van der Waals surface area contributed by atoms with Gasteiger partial charge in [0, 0.05) is 28.5 Å². The van der Waals surface area contributed by atoms with Gasteiger partial charge in [0.25, 0.3) is 5.91 Å². The molecule has 31 heavy (non-hydrogen) atoms. The molecule has 0 spiro atoms. The number of aryl methyl sites for hydroxylation is 1. The van der Waals surface area contributed by atoms with Crippen LogP contribution < -0.4 is 10.6 Å². The number of aromatic nitrogens is 3. The van der Waals surface area contributed by atoms with Gasteiger partial charge in [-0.15, -0.1) is 0 Å². The molecule has 1 amide bonds. The number of fused-ring (bicyclic) bond motifs is 1. The Morgan fingerprint density at radius 1 is 1.03 bits per heavy atom. The van der Waals surface area contributed by atoms with Crippen molar-refractivity contribution in [3.63, 3.8) is 0 Å². The summed E-state index contributed by atoms with van der Waals surface area (Å²) < 4.78 is 0. The summed E-state index contributed by atoms with van der Waals surface area (Å²) in [6.45, 7) is 3.88. The van der Waals surface area contributed by atoms with E-state index in [9.17, 15) is 9.59 Å². The van der Waals surface area contributed by atoms with Crippen LogP contribution in [-0.2, 0) is 0 Å². The summed E-state index contributed by atoms with van der Waals surface area (Å²) >= 11 is 0. The standard InChI is InChI=1S/C24H21N5O2/c1-15-9-10-18(12-25-15)24(31)29-20-7-3-5-17(11-20)16(2)28-23-21-8-4-6-19(13-30)22(21)26-14-27-23/h3-14,16H,1-2H3,(H,29,31)(H,26,27,28). The Bertz CT molecular complexity index is 1250. The maximum atomic E-state index is 12.5. The lowest BCUT2D eigenvalue weighted by Crippen LogP contribution is -2.13. The van der Waals surface area contributed by atoms with E-state index in [-0.39, 0.29) is 11.9 Å². The van der Waals surface area contributed by atoms with Crippen molar-refractivity contribution in [3.05, 3.63) is 89.5 Å². The SMILES string of the molecule is Cc1ccc(C(=O)Nc2cccc(C(C)Nc3ncnc4c(C=O)cccc34)c2)cn1. The van der Waals surface area contributed by atoms with Crippen LogP contribution in [0.25, 0.3) is 10.9 Å². The lowest BCUT2D eigenvalue weighted by molar-refractivity contribution is 0.102. The summed E-state index contributed by atoms with van der Waals surface area (Å²) in [5, 5.41) is 7.06. The molecule has 0 saturated heterocycles. The predicted octanol–water partition coefficient (Wildman–Crippen LogP) is 4.57. The van der Waals surface area contributed by atoms with Crippen LogP contribution in [0.4, 0.5) is 11.5 Å². The summed E-state index contributed by atoms with van der Waals surface area (Å²) in [5.41, 5.74) is 4.14. The summed E-state index contributed by atoms with van der Waals surface area (Å²) in [6, 6.07) is 16.5. The number of benzene rings is 2. The highest BCUT2D eigenvalue weighted by molar-refractivity contribution is 6.04. The molecule has 1 atom stereocenters. The molecule has 7 nitrogen and oxygen atoms in total. The maximum absolute atomic E-state index is 12.5. The lowest BCUT2D eigenvalue weighted by Gasteiger charge is -2.17. The molecule has 2 aromatic heterocycles. The van der Waals surface area contributed by atoms with Gasteiger partial charge in [-0.3, -0.25) is 14.6 Å². The summed E-state index contributed by atoms with van der Waals surface area (Å²) in [6.07, 6.45) is 3.79. The Morgan fingerprint density at radius 2 is 1.87 bits per heavy atom. The van der Waals surface area contributed by atoms with Crippen molar-refractivity contribution in [1.82, 2.24) is 15.0 Å². The molecule has 2 N–H and O–H groups in total. The van der Waals surface area contributed by atoms with Gasteiger partial charge >= 0.3 is 0 Å². The molecule has 4 aromatic rings. The van der Waals surface area contributed by atoms with Gasteiger partial charge in [0.2, 0.25) is 0 Å². The van der Waals surface area contributed by atoms with Gasteiger partial charge in [-0.1, -0.05) is 18.2 Å². The Hall–Kier alpha value is -4.13. The minimum Gasteiger partial charge on any atom is -0.363 e. The molecule has 2 heterocycles. The Kier molecular flexibility index (Phi) is 5.66. The first-order valence-electron chi connectivity index (χ1n) is 9.84. The second-order valence-corrected chi connectivity index (χ2v) is 7.22. The zero-order valence-corrected chi connectivity index (χ0v) is 17.2. The molecule has 0 saturated carbocycles. The number of para-hydroxylation sites is 1. The number of carbonyl (C=O) groups excluding carboxylic acids is 2. The third-order valence-electron chi connectivity index (χ3n) is 4.99. The number of carbonyl (C=O) groups is 2. The van der Waals surface area contributed by atoms with E-state index in [0.29, 0.717) is 28.1 Å². The first-order valence-corrected chi connectivity index (χ1v) is 9.84. The zero-order valence-electron chi connectivity index (χ0n) is 17.2. The van der Waals surface area contributed by atoms with E-state index in [1.165, 1.54) is 6.33 Å². The van der Waals surface area contributed by atoms with Crippen molar-refractivity contribution >= 4 is 34.6 Å². The molecular formula is C24H21N5O2. The number of hydrogen-bond acceptors (Lipinski definition) is 6. The maximum Gasteiger partial charge on any atom is 0.257 e. The Balaban J connectivity index is 1.54. The lowest BCUT2D eigenvalue weighted by atomic mass is 10.1. The number of amides is 1. The monoisotopic (exact) mass is 411 g/mol. The minimum absolute atomic E-state index is 0.101. The van der Waals surface area contributed by atoms with Crippen LogP contribution in [0.15, 0.2) is 67.1 Å². The normalized spacial score (nSPS) is 11.7. The van der Waals surface area contributed by atoms with Crippen LogP contribution in [-0.4, -0.2) is 27.1 Å². The molecule has 0 aliphatic rings. The minimum atomic E-state index is -0.214. The predicted molar refractivity (Wildman–Crippen MR) is 120 cm³/mol. The molecule has 0 aliphatic carbocycles. The fourth-order valence-corrected chi connectivity index (χ4v) is 3.30. The van der Waals surface area contributed by atoms with E-state index in [4.69, 9.17) is 0 Å². The third-order valence-corrected chi connectivity index (χ3v) is 4.99. The summed E-state index contributed by atoms with van der Waals surface area (Å²) in [7, 11) is 0. The molecule has 0 radical (unpaired) electrons. The molecule has 7 heteroatoms. The highest BCUT2D eigenvalue weighted by Gasteiger charge is 2.13. The van der Waals surface area contributed by atoms with Gasteiger partial charge in [-0.25, -0.2) is 9.97 Å². The molecule has 154 valence electrons. The first-order chi connectivity index (χ1) is 15.0. The van der Waals surface area contributed by atoms with E-state index in [1.54, 1.807) is 30.5 Å². The summed E-state index contributed by atoms with van der Waals surface area (Å²) in [5.74, 6) is 0.426. The van der Waals surface area contributed by atoms with Crippen LogP contribution in [0.1, 0.15) is 44.9 Å². The quantitative estimate of drug-likeness (QED) is 0.451. The Labute approximate surface area is 179 Å². The van der Waals surface area contributed by atoms with Crippen LogP contribution >= 0.6 is 0 Å². The van der Waals surface area contributed by atoms with Crippen molar-refractivity contribution < 1.29 is 9.59 Å². The molecular weight excluding hydrogens is 390 g/mol. The molecule has 1 unspecified atom stereocenters. The Morgan fingerprint density at radius 3 is 2.65 bits per heavy atom. The van der Waals surface area contributed by atoms with Crippen molar-refractivity contribution in [3.8, 4) is 0 Å². The first kappa shape index (κ1) is 20.2. The number of hydrogen-bond donors (Lipinski definition) is 2. The number of nitrogens with zero attached hydrogens (tertiary/aromatic N) is 3. The van der Waals surface area contributed by atoms with Crippen molar-refractivity contribution in [1.29, 1.82) is 0 Å². The van der Waals surface area contributed by atoms with E-state index in [0.717, 1.165) is 22.9 Å². The molecule has 0 bridgehead atoms. The van der Waals surface area contributed by atoms with Gasteiger partial charge < -0.3 is 10.6 Å². The van der Waals surface area contributed by atoms with E-state index >= 15 is 0 Å². The van der Waals surface area contributed by atoms with E-state index < -0.39 is 0 Å². The summed E-state index contributed by atoms with van der Waals surface area (Å²) in [4.78, 5) is 36.5. The topological polar surface area (TPSA) is 96.9 Å². The van der Waals surface area contributed by atoms with Crippen molar-refractivity contribution in [2.45, 2.75) is 19.9 Å². The van der Waals surface area contributed by atoms with E-state index in [2.05, 4.69) is 25.6 Å². The molecule has 0 aliphatic heterocycles. The fraction of sp³-hybridized carbons (Fsp3) is 0.125. The van der Waals surface area contributed by atoms with Gasteiger partial charge in [0.15, 0.2) is 6.29 Å². The molecule has 2 aromatic carbocycles. The fourth-order valence-electron chi connectivity index (χ4n) is 3.30. The highest BCUT2D eigenvalue weighted by Crippen LogP contribution is 2.26. The average molecular weight is 411 g/mol. The van der Waals surface area contributed by atoms with Crippen LogP contribution in [0.2, 0.25) is 0 Å². The zero-order chi connectivity index (χ0) is 21.8. The number of anilines is 2. The van der Waals surface area contributed by atoms with Gasteiger partial charge in [-0.05, 0) is 55.8 Å². The van der Waals surface area contributed by atoms with Crippen molar-refractivity contribution in [2.75, 3.05) is 10.6 Å². The van der Waals surface area contributed by atoms with E-state index in [1.807, 2.05) is 44.2 Å². The molecule has 4 rings (SSSR count). The number of aldehydes is 1. The van der Waals surface area contributed by atoms with Crippen molar-refractivity contribution in [2.24, 2.45) is 0 Å². The van der Waals surface area contributed by atoms with Crippen LogP contribution in [0, 0.1) is 6.92 Å². The molecule has 0 fully saturated rings. The second-order valence-electron chi connectivity index (χ2n) is 7.22. The second kappa shape index (κ2) is 8.71. The van der Waals surface area contributed by atoms with Gasteiger partial charge in [0.05, 0.1) is 17.1 Å². The smallest absolute Gasteiger partial charge is 0.257 e.